The quantitative estimate of drug-likeness (QED) is 0.869. The Hall–Kier alpha value is -2.41. The molecule has 0 bridgehead atoms. The highest BCUT2D eigenvalue weighted by atomic mass is 19.1. The van der Waals surface area contributed by atoms with E-state index in [1.165, 1.54) is 12.1 Å². The van der Waals surface area contributed by atoms with Crippen LogP contribution in [0.25, 0.3) is 0 Å². The van der Waals surface area contributed by atoms with Gasteiger partial charge in [0.2, 0.25) is 0 Å². The molecule has 0 saturated heterocycles. The molecule has 0 aromatic heterocycles. The molecule has 4 heteroatoms. The zero-order chi connectivity index (χ0) is 13.1. The zero-order valence-electron chi connectivity index (χ0n) is 9.67. The minimum atomic E-state index is -0.656. The van der Waals surface area contributed by atoms with E-state index in [9.17, 15) is 8.78 Å². The molecular formula is C14H10F2N2. The molecule has 0 atom stereocenters. The number of aryl methyl sites for hydroxylation is 1. The Kier molecular flexibility index (Phi) is 3.24. The van der Waals surface area contributed by atoms with Crippen molar-refractivity contribution in [1.82, 2.24) is 0 Å². The monoisotopic (exact) mass is 244 g/mol. The molecule has 18 heavy (non-hydrogen) atoms. The largest absolute Gasteiger partial charge is 0.353 e. The average Bonchev–Trinajstić information content (AvgIpc) is 2.33. The van der Waals surface area contributed by atoms with Gasteiger partial charge in [-0.25, -0.2) is 8.78 Å². The van der Waals surface area contributed by atoms with E-state index in [2.05, 4.69) is 11.4 Å². The van der Waals surface area contributed by atoms with Gasteiger partial charge < -0.3 is 5.32 Å². The van der Waals surface area contributed by atoms with E-state index in [-0.39, 0.29) is 5.69 Å². The van der Waals surface area contributed by atoms with Crippen molar-refractivity contribution in [3.8, 4) is 6.07 Å². The molecule has 0 amide bonds. The maximum absolute atomic E-state index is 13.4. The highest BCUT2D eigenvalue weighted by Crippen LogP contribution is 2.22. The van der Waals surface area contributed by atoms with Crippen LogP contribution in [0.3, 0.4) is 0 Å². The summed E-state index contributed by atoms with van der Waals surface area (Å²) in [6.45, 7) is 1.80. The Bertz CT molecular complexity index is 630. The van der Waals surface area contributed by atoms with Gasteiger partial charge in [0.25, 0.3) is 0 Å². The van der Waals surface area contributed by atoms with E-state index in [4.69, 9.17) is 5.26 Å². The Labute approximate surface area is 103 Å². The van der Waals surface area contributed by atoms with E-state index in [1.807, 2.05) is 0 Å². The van der Waals surface area contributed by atoms with Crippen molar-refractivity contribution in [2.45, 2.75) is 6.92 Å². The standard InChI is InChI=1S/C14H10F2N2/c1-9-6-12(4-2-10(9)8-17)18-14-5-3-11(15)7-13(14)16/h2-7,18H,1H3. The summed E-state index contributed by atoms with van der Waals surface area (Å²) in [4.78, 5) is 0. The third kappa shape index (κ3) is 2.46. The van der Waals surface area contributed by atoms with Crippen LogP contribution in [0.5, 0.6) is 0 Å². The minimum Gasteiger partial charge on any atom is -0.353 e. The molecule has 2 aromatic rings. The van der Waals surface area contributed by atoms with Gasteiger partial charge in [-0.3, -0.25) is 0 Å². The summed E-state index contributed by atoms with van der Waals surface area (Å²) in [6.07, 6.45) is 0. The third-order valence-electron chi connectivity index (χ3n) is 2.56. The fraction of sp³-hybridized carbons (Fsp3) is 0.0714. The van der Waals surface area contributed by atoms with Crippen LogP contribution in [0.15, 0.2) is 36.4 Å². The molecule has 0 aliphatic carbocycles. The van der Waals surface area contributed by atoms with Gasteiger partial charge in [-0.1, -0.05) is 0 Å². The maximum Gasteiger partial charge on any atom is 0.149 e. The van der Waals surface area contributed by atoms with Crippen molar-refractivity contribution in [2.75, 3.05) is 5.32 Å². The van der Waals surface area contributed by atoms with Crippen molar-refractivity contribution in [2.24, 2.45) is 0 Å². The molecular weight excluding hydrogens is 234 g/mol. The molecule has 2 nitrogen and oxygen atoms in total. The first-order chi connectivity index (χ1) is 8.60. The van der Waals surface area contributed by atoms with Crippen molar-refractivity contribution >= 4 is 11.4 Å². The molecule has 0 spiro atoms. The van der Waals surface area contributed by atoms with Crippen LogP contribution < -0.4 is 5.32 Å². The third-order valence-corrected chi connectivity index (χ3v) is 2.56. The number of hydrogen-bond acceptors (Lipinski definition) is 2. The van der Waals surface area contributed by atoms with E-state index in [0.717, 1.165) is 11.6 Å². The summed E-state index contributed by atoms with van der Waals surface area (Å²) in [5.74, 6) is -1.27. The first-order valence-electron chi connectivity index (χ1n) is 5.33. The Morgan fingerprint density at radius 3 is 2.50 bits per heavy atom. The van der Waals surface area contributed by atoms with E-state index >= 15 is 0 Å². The van der Waals surface area contributed by atoms with Gasteiger partial charge in [0.05, 0.1) is 17.3 Å². The molecule has 0 saturated carbocycles. The van der Waals surface area contributed by atoms with Gasteiger partial charge in [0.15, 0.2) is 0 Å². The number of benzene rings is 2. The SMILES string of the molecule is Cc1cc(Nc2ccc(F)cc2F)ccc1C#N. The van der Waals surface area contributed by atoms with Crippen LogP contribution in [0.2, 0.25) is 0 Å². The van der Waals surface area contributed by atoms with Crippen LogP contribution in [-0.2, 0) is 0 Å². The first-order valence-corrected chi connectivity index (χ1v) is 5.33. The van der Waals surface area contributed by atoms with Gasteiger partial charge >= 0.3 is 0 Å². The molecule has 0 radical (unpaired) electrons. The molecule has 2 aromatic carbocycles. The molecule has 0 aliphatic rings. The van der Waals surface area contributed by atoms with Crippen LogP contribution >= 0.6 is 0 Å². The Morgan fingerprint density at radius 2 is 1.89 bits per heavy atom. The lowest BCUT2D eigenvalue weighted by atomic mass is 10.1. The summed E-state index contributed by atoms with van der Waals surface area (Å²) in [5, 5.41) is 11.6. The summed E-state index contributed by atoms with van der Waals surface area (Å²) in [5.41, 5.74) is 2.21. The van der Waals surface area contributed by atoms with Crippen LogP contribution in [-0.4, -0.2) is 0 Å². The smallest absolute Gasteiger partial charge is 0.149 e. The van der Waals surface area contributed by atoms with Crippen molar-refractivity contribution in [3.05, 3.63) is 59.2 Å². The molecule has 0 unspecified atom stereocenters. The van der Waals surface area contributed by atoms with E-state index in [1.54, 1.807) is 25.1 Å². The second kappa shape index (κ2) is 4.84. The fourth-order valence-corrected chi connectivity index (χ4v) is 1.61. The summed E-state index contributed by atoms with van der Waals surface area (Å²) in [7, 11) is 0. The van der Waals surface area contributed by atoms with Gasteiger partial charge in [-0.15, -0.1) is 0 Å². The average molecular weight is 244 g/mol. The summed E-state index contributed by atoms with van der Waals surface area (Å²) in [6, 6.07) is 10.5. The second-order valence-corrected chi connectivity index (χ2v) is 3.89. The predicted molar refractivity (Wildman–Crippen MR) is 65.5 cm³/mol. The minimum absolute atomic E-state index is 0.195. The van der Waals surface area contributed by atoms with Crippen LogP contribution in [0.4, 0.5) is 20.2 Å². The molecule has 90 valence electrons. The molecule has 0 aliphatic heterocycles. The molecule has 0 heterocycles. The normalized spacial score (nSPS) is 9.89. The number of hydrogen-bond donors (Lipinski definition) is 1. The highest BCUT2D eigenvalue weighted by Gasteiger charge is 2.05. The summed E-state index contributed by atoms with van der Waals surface area (Å²) < 4.78 is 26.2. The number of nitriles is 1. The fourth-order valence-electron chi connectivity index (χ4n) is 1.61. The van der Waals surface area contributed by atoms with E-state index < -0.39 is 11.6 Å². The number of nitrogens with one attached hydrogen (secondary N) is 1. The predicted octanol–water partition coefficient (Wildman–Crippen LogP) is 3.89. The lowest BCUT2D eigenvalue weighted by Gasteiger charge is -2.09. The first kappa shape index (κ1) is 12.1. The molecule has 1 N–H and O–H groups in total. The second-order valence-electron chi connectivity index (χ2n) is 3.89. The van der Waals surface area contributed by atoms with Gasteiger partial charge in [0.1, 0.15) is 11.6 Å². The topological polar surface area (TPSA) is 35.8 Å². The maximum atomic E-state index is 13.4. The van der Waals surface area contributed by atoms with Gasteiger partial charge in [-0.05, 0) is 42.8 Å². The number of halogens is 2. The lowest BCUT2D eigenvalue weighted by Crippen LogP contribution is -1.95. The highest BCUT2D eigenvalue weighted by molar-refractivity contribution is 5.62. The van der Waals surface area contributed by atoms with E-state index in [0.29, 0.717) is 11.3 Å². The molecule has 2 rings (SSSR count). The van der Waals surface area contributed by atoms with Crippen molar-refractivity contribution in [3.63, 3.8) is 0 Å². The van der Waals surface area contributed by atoms with Crippen LogP contribution in [0, 0.1) is 29.9 Å². The van der Waals surface area contributed by atoms with Gasteiger partial charge in [0, 0.05) is 11.8 Å². The number of rotatable bonds is 2. The number of nitrogens with zero attached hydrogens (tertiary/aromatic N) is 1. The Balaban J connectivity index is 2.29. The Morgan fingerprint density at radius 1 is 1.11 bits per heavy atom. The van der Waals surface area contributed by atoms with Crippen molar-refractivity contribution in [1.29, 1.82) is 5.26 Å². The zero-order valence-corrected chi connectivity index (χ0v) is 9.67. The summed E-state index contributed by atoms with van der Waals surface area (Å²) >= 11 is 0. The van der Waals surface area contributed by atoms with Crippen LogP contribution in [0.1, 0.15) is 11.1 Å². The van der Waals surface area contributed by atoms with Gasteiger partial charge in [-0.2, -0.15) is 5.26 Å². The number of anilines is 2. The molecule has 0 fully saturated rings. The van der Waals surface area contributed by atoms with Crippen molar-refractivity contribution < 1.29 is 8.78 Å². The lowest BCUT2D eigenvalue weighted by molar-refractivity contribution is 0.586.